The molecule has 0 spiro atoms. The lowest BCUT2D eigenvalue weighted by atomic mass is 10.4. The SMILES string of the molecule is CCCn1ccnc(N(CC(=O)O)CC(=O)O)c1=O. The van der Waals surface area contributed by atoms with Gasteiger partial charge in [-0.2, -0.15) is 0 Å². The minimum absolute atomic E-state index is 0.166. The van der Waals surface area contributed by atoms with E-state index in [0.717, 1.165) is 11.3 Å². The number of rotatable bonds is 7. The van der Waals surface area contributed by atoms with E-state index < -0.39 is 30.6 Å². The minimum Gasteiger partial charge on any atom is -0.480 e. The van der Waals surface area contributed by atoms with Crippen LogP contribution < -0.4 is 10.5 Å². The Morgan fingerprint density at radius 1 is 1.32 bits per heavy atom. The second kappa shape index (κ2) is 6.53. The molecule has 1 aromatic heterocycles. The lowest BCUT2D eigenvalue weighted by Gasteiger charge is -2.19. The zero-order chi connectivity index (χ0) is 14.4. The second-order valence-electron chi connectivity index (χ2n) is 3.89. The molecule has 0 aliphatic heterocycles. The Morgan fingerprint density at radius 3 is 2.37 bits per heavy atom. The van der Waals surface area contributed by atoms with Crippen LogP contribution in [0.1, 0.15) is 13.3 Å². The number of anilines is 1. The Bertz CT molecular complexity index is 509. The van der Waals surface area contributed by atoms with E-state index in [0.29, 0.717) is 6.54 Å². The van der Waals surface area contributed by atoms with Gasteiger partial charge >= 0.3 is 11.9 Å². The van der Waals surface area contributed by atoms with E-state index in [4.69, 9.17) is 10.2 Å². The van der Waals surface area contributed by atoms with Gasteiger partial charge in [0.1, 0.15) is 13.1 Å². The Hall–Kier alpha value is -2.38. The van der Waals surface area contributed by atoms with Gasteiger partial charge in [-0.3, -0.25) is 14.4 Å². The van der Waals surface area contributed by atoms with Crippen molar-refractivity contribution in [2.24, 2.45) is 0 Å². The van der Waals surface area contributed by atoms with Crippen LogP contribution in [0, 0.1) is 0 Å². The first kappa shape index (κ1) is 14.7. The molecular formula is C11H15N3O5. The summed E-state index contributed by atoms with van der Waals surface area (Å²) in [4.78, 5) is 38.2. The molecule has 19 heavy (non-hydrogen) atoms. The molecule has 0 aliphatic carbocycles. The summed E-state index contributed by atoms with van der Waals surface area (Å²) in [6.45, 7) is 1.16. The number of hydrogen-bond acceptors (Lipinski definition) is 5. The average molecular weight is 269 g/mol. The van der Waals surface area contributed by atoms with E-state index in [1.165, 1.54) is 17.0 Å². The number of aliphatic carboxylic acids is 2. The minimum atomic E-state index is -1.23. The van der Waals surface area contributed by atoms with Crippen molar-refractivity contribution in [2.75, 3.05) is 18.0 Å². The quantitative estimate of drug-likeness (QED) is 0.694. The third-order valence-electron chi connectivity index (χ3n) is 2.31. The maximum Gasteiger partial charge on any atom is 0.323 e. The summed E-state index contributed by atoms with van der Waals surface area (Å²) in [5.41, 5.74) is -0.494. The zero-order valence-corrected chi connectivity index (χ0v) is 10.4. The van der Waals surface area contributed by atoms with Crippen LogP contribution in [-0.4, -0.2) is 44.8 Å². The van der Waals surface area contributed by atoms with Gasteiger partial charge in [0.05, 0.1) is 0 Å². The van der Waals surface area contributed by atoms with Crippen LogP contribution in [0.2, 0.25) is 0 Å². The molecule has 8 nitrogen and oxygen atoms in total. The predicted octanol–water partition coefficient (Wildman–Crippen LogP) is -0.371. The molecule has 8 heteroatoms. The van der Waals surface area contributed by atoms with Gasteiger partial charge < -0.3 is 19.7 Å². The summed E-state index contributed by atoms with van der Waals surface area (Å²) in [6.07, 6.45) is 3.55. The van der Waals surface area contributed by atoms with Gasteiger partial charge in [-0.15, -0.1) is 0 Å². The molecule has 0 radical (unpaired) electrons. The van der Waals surface area contributed by atoms with E-state index in [9.17, 15) is 14.4 Å². The Kier molecular flexibility index (Phi) is 5.04. The number of carboxylic acid groups (broad SMARTS) is 2. The number of nitrogens with zero attached hydrogens (tertiary/aromatic N) is 3. The highest BCUT2D eigenvalue weighted by atomic mass is 16.4. The van der Waals surface area contributed by atoms with Gasteiger partial charge in [0.2, 0.25) is 0 Å². The van der Waals surface area contributed by atoms with Crippen LogP contribution in [0.25, 0.3) is 0 Å². The number of aromatic nitrogens is 2. The zero-order valence-electron chi connectivity index (χ0n) is 10.4. The first-order valence-corrected chi connectivity index (χ1v) is 5.69. The lowest BCUT2D eigenvalue weighted by Crippen LogP contribution is -2.40. The summed E-state index contributed by atoms with van der Waals surface area (Å²) in [5.74, 6) is -2.62. The van der Waals surface area contributed by atoms with Crippen molar-refractivity contribution in [3.8, 4) is 0 Å². The fraction of sp³-hybridized carbons (Fsp3) is 0.455. The van der Waals surface area contributed by atoms with Crippen molar-refractivity contribution >= 4 is 17.8 Å². The van der Waals surface area contributed by atoms with Gasteiger partial charge in [-0.05, 0) is 6.42 Å². The van der Waals surface area contributed by atoms with Crippen molar-refractivity contribution in [1.82, 2.24) is 9.55 Å². The fourth-order valence-electron chi connectivity index (χ4n) is 1.60. The Morgan fingerprint density at radius 2 is 1.89 bits per heavy atom. The van der Waals surface area contributed by atoms with E-state index in [-0.39, 0.29) is 5.82 Å². The van der Waals surface area contributed by atoms with E-state index in [2.05, 4.69) is 4.98 Å². The third-order valence-corrected chi connectivity index (χ3v) is 2.31. The normalized spacial score (nSPS) is 10.2. The standard InChI is InChI=1S/C11H15N3O5/c1-2-4-13-5-3-12-10(11(13)19)14(6-8(15)16)7-9(17)18/h3,5H,2,4,6-7H2,1H3,(H,15,16)(H,17,18). The van der Waals surface area contributed by atoms with Gasteiger partial charge in [0.25, 0.3) is 5.56 Å². The molecule has 1 aromatic rings. The monoisotopic (exact) mass is 269 g/mol. The van der Waals surface area contributed by atoms with Gasteiger partial charge in [-0.25, -0.2) is 4.98 Å². The first-order chi connectivity index (χ1) is 8.95. The summed E-state index contributed by atoms with van der Waals surface area (Å²) < 4.78 is 1.37. The number of aryl methyl sites for hydroxylation is 1. The average Bonchev–Trinajstić information content (AvgIpc) is 2.30. The molecule has 0 aromatic carbocycles. The highest BCUT2D eigenvalue weighted by Crippen LogP contribution is 2.03. The molecule has 0 fully saturated rings. The summed E-state index contributed by atoms with van der Waals surface area (Å²) in [7, 11) is 0. The van der Waals surface area contributed by atoms with E-state index in [1.807, 2.05) is 6.92 Å². The van der Waals surface area contributed by atoms with Crippen molar-refractivity contribution in [2.45, 2.75) is 19.9 Å². The van der Waals surface area contributed by atoms with Crippen LogP contribution in [0.5, 0.6) is 0 Å². The van der Waals surface area contributed by atoms with Crippen molar-refractivity contribution < 1.29 is 19.8 Å². The molecule has 0 aliphatic rings. The molecule has 1 heterocycles. The van der Waals surface area contributed by atoms with Crippen LogP contribution in [0.15, 0.2) is 17.2 Å². The van der Waals surface area contributed by atoms with Crippen molar-refractivity contribution in [1.29, 1.82) is 0 Å². The predicted molar refractivity (Wildman–Crippen MR) is 66.3 cm³/mol. The maximum atomic E-state index is 12.0. The fourth-order valence-corrected chi connectivity index (χ4v) is 1.60. The number of hydrogen-bond donors (Lipinski definition) is 2. The van der Waals surface area contributed by atoms with Crippen molar-refractivity contribution in [3.63, 3.8) is 0 Å². The molecule has 0 bridgehead atoms. The number of carboxylic acids is 2. The summed E-state index contributed by atoms with van der Waals surface area (Å²) >= 11 is 0. The number of carbonyl (C=O) groups is 2. The van der Waals surface area contributed by atoms with E-state index >= 15 is 0 Å². The van der Waals surface area contributed by atoms with E-state index in [1.54, 1.807) is 0 Å². The second-order valence-corrected chi connectivity index (χ2v) is 3.89. The molecule has 0 saturated carbocycles. The molecule has 0 atom stereocenters. The molecule has 1 rings (SSSR count). The molecular weight excluding hydrogens is 254 g/mol. The third kappa shape index (κ3) is 4.09. The Labute approximate surface area is 108 Å². The van der Waals surface area contributed by atoms with Crippen LogP contribution in [0.3, 0.4) is 0 Å². The van der Waals surface area contributed by atoms with Crippen molar-refractivity contribution in [3.05, 3.63) is 22.7 Å². The molecule has 0 unspecified atom stereocenters. The smallest absolute Gasteiger partial charge is 0.323 e. The maximum absolute atomic E-state index is 12.0. The molecule has 104 valence electrons. The van der Waals surface area contributed by atoms with Crippen LogP contribution in [0.4, 0.5) is 5.82 Å². The Balaban J connectivity index is 3.14. The topological polar surface area (TPSA) is 113 Å². The first-order valence-electron chi connectivity index (χ1n) is 5.69. The highest BCUT2D eigenvalue weighted by Gasteiger charge is 2.19. The van der Waals surface area contributed by atoms with Gasteiger partial charge in [-0.1, -0.05) is 6.92 Å². The lowest BCUT2D eigenvalue weighted by molar-refractivity contribution is -0.136. The highest BCUT2D eigenvalue weighted by molar-refractivity contribution is 5.78. The summed E-state index contributed by atoms with van der Waals surface area (Å²) in [5, 5.41) is 17.5. The van der Waals surface area contributed by atoms with Gasteiger partial charge in [0.15, 0.2) is 5.82 Å². The van der Waals surface area contributed by atoms with Crippen LogP contribution in [-0.2, 0) is 16.1 Å². The molecule has 2 N–H and O–H groups in total. The van der Waals surface area contributed by atoms with Crippen LogP contribution >= 0.6 is 0 Å². The van der Waals surface area contributed by atoms with Gasteiger partial charge in [0, 0.05) is 18.9 Å². The molecule has 0 amide bonds. The molecule has 0 saturated heterocycles. The summed E-state index contributed by atoms with van der Waals surface area (Å²) in [6, 6.07) is 0. The largest absolute Gasteiger partial charge is 0.480 e.